The van der Waals surface area contributed by atoms with E-state index >= 15 is 0 Å². The van der Waals surface area contributed by atoms with E-state index in [-0.39, 0.29) is 0 Å². The number of hydrogen-bond donors (Lipinski definition) is 2. The van der Waals surface area contributed by atoms with Gasteiger partial charge in [0.15, 0.2) is 0 Å². The average molecular weight is 427 g/mol. The van der Waals surface area contributed by atoms with E-state index in [0.29, 0.717) is 11.0 Å². The van der Waals surface area contributed by atoms with Gasteiger partial charge in [0, 0.05) is 6.07 Å². The standard InChI is InChI=1S/C19H14F5N3O3/c1-18(11-4-2-3-5-12(11)19(22,23)24)16(29)27(17(30)26-18)9-15(28)25-14-8-10(20)6-7-13(14)21/h2-8H,9H2,1H3,(H,25,28)(H,26,30). The Balaban J connectivity index is 1.85. The molecule has 1 fully saturated rings. The number of alkyl halides is 3. The number of amides is 4. The molecule has 3 rings (SSSR count). The van der Waals surface area contributed by atoms with Crippen molar-refractivity contribution in [2.24, 2.45) is 0 Å². The first-order valence-corrected chi connectivity index (χ1v) is 8.49. The van der Waals surface area contributed by atoms with Crippen LogP contribution in [-0.4, -0.2) is 29.3 Å². The summed E-state index contributed by atoms with van der Waals surface area (Å²) in [5, 5.41) is 4.19. The SMILES string of the molecule is CC1(c2ccccc2C(F)(F)F)NC(=O)N(CC(=O)Nc2cc(F)ccc2F)C1=O. The lowest BCUT2D eigenvalue weighted by Gasteiger charge is -2.25. The molecule has 4 amide bonds. The number of benzene rings is 2. The van der Waals surface area contributed by atoms with Gasteiger partial charge in [0.05, 0.1) is 11.3 Å². The Hall–Kier alpha value is -3.50. The number of carbonyl (C=O) groups is 3. The van der Waals surface area contributed by atoms with Crippen molar-refractivity contribution >= 4 is 23.5 Å². The van der Waals surface area contributed by atoms with Crippen molar-refractivity contribution < 1.29 is 36.3 Å². The van der Waals surface area contributed by atoms with E-state index in [1.165, 1.54) is 6.07 Å². The van der Waals surface area contributed by atoms with Gasteiger partial charge in [-0.2, -0.15) is 13.2 Å². The Morgan fingerprint density at radius 3 is 2.47 bits per heavy atom. The van der Waals surface area contributed by atoms with Gasteiger partial charge in [0.25, 0.3) is 5.91 Å². The van der Waals surface area contributed by atoms with E-state index in [9.17, 15) is 36.3 Å². The molecule has 1 atom stereocenters. The molecule has 0 radical (unpaired) electrons. The largest absolute Gasteiger partial charge is 0.416 e. The number of nitrogens with zero attached hydrogens (tertiary/aromatic N) is 1. The van der Waals surface area contributed by atoms with Crippen LogP contribution in [0, 0.1) is 11.6 Å². The van der Waals surface area contributed by atoms with Crippen LogP contribution in [0.5, 0.6) is 0 Å². The molecule has 30 heavy (non-hydrogen) atoms. The molecule has 0 saturated carbocycles. The van der Waals surface area contributed by atoms with Crippen LogP contribution in [0.3, 0.4) is 0 Å². The minimum absolute atomic E-state index is 0.402. The van der Waals surface area contributed by atoms with Crippen LogP contribution in [0.1, 0.15) is 18.1 Å². The summed E-state index contributed by atoms with van der Waals surface area (Å²) >= 11 is 0. The van der Waals surface area contributed by atoms with Gasteiger partial charge in [-0.3, -0.25) is 14.5 Å². The molecule has 2 aromatic rings. The topological polar surface area (TPSA) is 78.5 Å². The molecule has 6 nitrogen and oxygen atoms in total. The number of halogens is 5. The highest BCUT2D eigenvalue weighted by Crippen LogP contribution is 2.39. The Kier molecular flexibility index (Phi) is 5.23. The minimum Gasteiger partial charge on any atom is -0.322 e. The normalized spacial score (nSPS) is 19.1. The van der Waals surface area contributed by atoms with Crippen LogP contribution >= 0.6 is 0 Å². The van der Waals surface area contributed by atoms with Gasteiger partial charge in [-0.05, 0) is 30.7 Å². The van der Waals surface area contributed by atoms with E-state index in [2.05, 4.69) is 5.32 Å². The third-order valence-electron chi connectivity index (χ3n) is 4.55. The van der Waals surface area contributed by atoms with Crippen LogP contribution < -0.4 is 10.6 Å². The highest BCUT2D eigenvalue weighted by Gasteiger charge is 2.52. The smallest absolute Gasteiger partial charge is 0.322 e. The summed E-state index contributed by atoms with van der Waals surface area (Å²) in [4.78, 5) is 37.6. The summed E-state index contributed by atoms with van der Waals surface area (Å²) in [5.41, 5.74) is -4.20. The number of anilines is 1. The zero-order valence-corrected chi connectivity index (χ0v) is 15.3. The Labute approximate surface area is 166 Å². The predicted octanol–water partition coefficient (Wildman–Crippen LogP) is 3.39. The van der Waals surface area contributed by atoms with Crippen molar-refractivity contribution in [3.8, 4) is 0 Å². The monoisotopic (exact) mass is 427 g/mol. The molecule has 2 aromatic carbocycles. The van der Waals surface area contributed by atoms with Crippen molar-refractivity contribution in [3.05, 3.63) is 65.2 Å². The highest BCUT2D eigenvalue weighted by molar-refractivity contribution is 6.10. The fraction of sp³-hybridized carbons (Fsp3) is 0.211. The Bertz CT molecular complexity index is 1040. The second-order valence-electron chi connectivity index (χ2n) is 6.66. The molecular weight excluding hydrogens is 413 g/mol. The van der Waals surface area contributed by atoms with Crippen molar-refractivity contribution in [2.75, 3.05) is 11.9 Å². The van der Waals surface area contributed by atoms with Gasteiger partial charge in [0.2, 0.25) is 5.91 Å². The molecule has 0 aliphatic carbocycles. The number of rotatable bonds is 4. The van der Waals surface area contributed by atoms with Crippen LogP contribution in [-0.2, 0) is 21.3 Å². The van der Waals surface area contributed by atoms with E-state index < -0.39 is 64.6 Å². The summed E-state index contributed by atoms with van der Waals surface area (Å²) in [6.45, 7) is 0.173. The Morgan fingerprint density at radius 2 is 1.80 bits per heavy atom. The number of nitrogens with one attached hydrogen (secondary N) is 2. The van der Waals surface area contributed by atoms with E-state index in [4.69, 9.17) is 0 Å². The maximum absolute atomic E-state index is 13.6. The van der Waals surface area contributed by atoms with Gasteiger partial charge >= 0.3 is 12.2 Å². The quantitative estimate of drug-likeness (QED) is 0.580. The molecule has 0 aromatic heterocycles. The Morgan fingerprint density at radius 1 is 1.13 bits per heavy atom. The molecule has 1 aliphatic heterocycles. The third-order valence-corrected chi connectivity index (χ3v) is 4.55. The van der Waals surface area contributed by atoms with Crippen molar-refractivity contribution in [3.63, 3.8) is 0 Å². The zero-order valence-electron chi connectivity index (χ0n) is 15.3. The fourth-order valence-corrected chi connectivity index (χ4v) is 3.12. The minimum atomic E-state index is -4.79. The highest BCUT2D eigenvalue weighted by atomic mass is 19.4. The molecule has 158 valence electrons. The molecule has 1 aliphatic rings. The predicted molar refractivity (Wildman–Crippen MR) is 94.0 cm³/mol. The van der Waals surface area contributed by atoms with E-state index in [1.807, 2.05) is 5.32 Å². The summed E-state index contributed by atoms with van der Waals surface area (Å²) in [7, 11) is 0. The maximum Gasteiger partial charge on any atom is 0.416 e. The summed E-state index contributed by atoms with van der Waals surface area (Å²) in [6, 6.07) is 5.41. The third kappa shape index (κ3) is 3.82. The van der Waals surface area contributed by atoms with E-state index in [1.54, 1.807) is 0 Å². The second-order valence-corrected chi connectivity index (χ2v) is 6.66. The van der Waals surface area contributed by atoms with Crippen LogP contribution in [0.4, 0.5) is 32.4 Å². The second kappa shape index (κ2) is 7.39. The lowest BCUT2D eigenvalue weighted by Crippen LogP contribution is -2.43. The van der Waals surface area contributed by atoms with Gasteiger partial charge in [-0.1, -0.05) is 18.2 Å². The number of hydrogen-bond acceptors (Lipinski definition) is 3. The van der Waals surface area contributed by atoms with E-state index in [0.717, 1.165) is 37.3 Å². The van der Waals surface area contributed by atoms with Crippen LogP contribution in [0.2, 0.25) is 0 Å². The molecule has 2 N–H and O–H groups in total. The van der Waals surface area contributed by atoms with Gasteiger partial charge in [-0.25, -0.2) is 13.6 Å². The molecule has 1 heterocycles. The maximum atomic E-state index is 13.6. The van der Waals surface area contributed by atoms with Crippen LogP contribution in [0.25, 0.3) is 0 Å². The van der Waals surface area contributed by atoms with Crippen LogP contribution in [0.15, 0.2) is 42.5 Å². The first-order chi connectivity index (χ1) is 13.9. The molecule has 11 heteroatoms. The zero-order chi connectivity index (χ0) is 22.3. The van der Waals surface area contributed by atoms with Gasteiger partial charge < -0.3 is 10.6 Å². The molecule has 1 saturated heterocycles. The molecule has 0 bridgehead atoms. The summed E-state index contributed by atoms with van der Waals surface area (Å²) in [6.07, 6.45) is -4.79. The van der Waals surface area contributed by atoms with Crippen molar-refractivity contribution in [2.45, 2.75) is 18.6 Å². The average Bonchev–Trinajstić information content (AvgIpc) is 2.88. The lowest BCUT2D eigenvalue weighted by molar-refractivity contribution is -0.140. The first-order valence-electron chi connectivity index (χ1n) is 8.49. The fourth-order valence-electron chi connectivity index (χ4n) is 3.12. The van der Waals surface area contributed by atoms with Gasteiger partial charge in [0.1, 0.15) is 23.7 Å². The summed E-state index contributed by atoms with van der Waals surface area (Å²) < 4.78 is 66.9. The summed E-state index contributed by atoms with van der Waals surface area (Å²) in [5.74, 6) is -3.93. The molecular formula is C19H14F5N3O3. The van der Waals surface area contributed by atoms with Crippen molar-refractivity contribution in [1.82, 2.24) is 10.2 Å². The molecule has 1 unspecified atom stereocenters. The number of carbonyl (C=O) groups excluding carboxylic acids is 3. The van der Waals surface area contributed by atoms with Gasteiger partial charge in [-0.15, -0.1) is 0 Å². The first kappa shape index (κ1) is 21.2. The number of imide groups is 1. The van der Waals surface area contributed by atoms with Crippen molar-refractivity contribution in [1.29, 1.82) is 0 Å². The molecule has 0 spiro atoms. The lowest BCUT2D eigenvalue weighted by atomic mass is 9.87. The number of urea groups is 1.